The van der Waals surface area contributed by atoms with Crippen LogP contribution in [0.1, 0.15) is 21.9 Å². The number of methoxy groups -OCH3 is 2. The number of aryl methyl sites for hydroxylation is 1. The van der Waals surface area contributed by atoms with E-state index in [2.05, 4.69) is 20.6 Å². The number of halogens is 1. The average molecular weight is 396 g/mol. The Kier molecular flexibility index (Phi) is 6.23. The van der Waals surface area contributed by atoms with Gasteiger partial charge in [-0.05, 0) is 42.8 Å². The van der Waals surface area contributed by atoms with Crippen LogP contribution in [-0.2, 0) is 6.54 Å². The van der Waals surface area contributed by atoms with Gasteiger partial charge in [0.25, 0.3) is 5.91 Å². The third-order valence-electron chi connectivity index (χ3n) is 4.07. The topological polar surface area (TPSA) is 85.4 Å². The Morgan fingerprint density at radius 3 is 2.55 bits per heavy atom. The molecule has 2 N–H and O–H groups in total. The van der Waals surface area contributed by atoms with E-state index in [0.717, 1.165) is 5.56 Å². The first-order valence-electron chi connectivity index (χ1n) is 8.86. The fourth-order valence-corrected chi connectivity index (χ4v) is 2.72. The van der Waals surface area contributed by atoms with Crippen LogP contribution in [0.5, 0.6) is 11.5 Å². The standard InChI is InChI=1S/C21H21FN4O3/c1-13-24-17(21(27)26-16-6-4-5-15(22)10-16)11-20(25-13)23-12-14-7-8-18(28-2)19(9-14)29-3/h4-11H,12H2,1-3H3,(H,26,27)(H,23,24,25). The Balaban J connectivity index is 1.72. The van der Waals surface area contributed by atoms with Crippen molar-refractivity contribution in [3.8, 4) is 11.5 Å². The molecule has 0 spiro atoms. The van der Waals surface area contributed by atoms with Gasteiger partial charge in [-0.1, -0.05) is 12.1 Å². The maximum Gasteiger partial charge on any atom is 0.274 e. The van der Waals surface area contributed by atoms with E-state index in [1.807, 2.05) is 18.2 Å². The predicted molar refractivity (Wildman–Crippen MR) is 108 cm³/mol. The number of carbonyl (C=O) groups excluding carboxylic acids is 1. The van der Waals surface area contributed by atoms with Gasteiger partial charge in [0.1, 0.15) is 23.2 Å². The Bertz CT molecular complexity index is 1030. The largest absolute Gasteiger partial charge is 0.493 e. The fourth-order valence-electron chi connectivity index (χ4n) is 2.72. The molecular formula is C21H21FN4O3. The van der Waals surface area contributed by atoms with Gasteiger partial charge in [-0.2, -0.15) is 0 Å². The fraction of sp³-hybridized carbons (Fsp3) is 0.190. The van der Waals surface area contributed by atoms with Crippen molar-refractivity contribution in [3.05, 3.63) is 71.4 Å². The monoisotopic (exact) mass is 396 g/mol. The number of carbonyl (C=O) groups is 1. The maximum atomic E-state index is 13.3. The molecule has 1 amide bonds. The van der Waals surface area contributed by atoms with Crippen molar-refractivity contribution >= 4 is 17.4 Å². The van der Waals surface area contributed by atoms with Crippen molar-refractivity contribution in [3.63, 3.8) is 0 Å². The van der Waals surface area contributed by atoms with E-state index < -0.39 is 11.7 Å². The van der Waals surface area contributed by atoms with E-state index in [0.29, 0.717) is 35.4 Å². The summed E-state index contributed by atoms with van der Waals surface area (Å²) in [4.78, 5) is 21.0. The molecule has 0 bridgehead atoms. The molecule has 0 saturated carbocycles. The number of hydrogen-bond donors (Lipinski definition) is 2. The number of aromatic nitrogens is 2. The molecule has 0 radical (unpaired) electrons. The summed E-state index contributed by atoms with van der Waals surface area (Å²) in [5.74, 6) is 1.32. The van der Waals surface area contributed by atoms with Gasteiger partial charge in [0, 0.05) is 18.3 Å². The number of nitrogens with one attached hydrogen (secondary N) is 2. The van der Waals surface area contributed by atoms with Gasteiger partial charge in [-0.15, -0.1) is 0 Å². The summed E-state index contributed by atoms with van der Waals surface area (Å²) in [6.45, 7) is 2.16. The summed E-state index contributed by atoms with van der Waals surface area (Å²) in [7, 11) is 3.15. The van der Waals surface area contributed by atoms with Crippen LogP contribution in [0.3, 0.4) is 0 Å². The number of benzene rings is 2. The zero-order valence-corrected chi connectivity index (χ0v) is 16.3. The molecule has 0 aliphatic heterocycles. The van der Waals surface area contributed by atoms with E-state index in [-0.39, 0.29) is 5.69 Å². The highest BCUT2D eigenvalue weighted by Crippen LogP contribution is 2.27. The van der Waals surface area contributed by atoms with Crippen LogP contribution in [0, 0.1) is 12.7 Å². The van der Waals surface area contributed by atoms with Crippen LogP contribution >= 0.6 is 0 Å². The van der Waals surface area contributed by atoms with Crippen LogP contribution in [0.2, 0.25) is 0 Å². The lowest BCUT2D eigenvalue weighted by Crippen LogP contribution is -2.16. The molecule has 3 aromatic rings. The highest BCUT2D eigenvalue weighted by Gasteiger charge is 2.12. The van der Waals surface area contributed by atoms with E-state index in [1.54, 1.807) is 33.3 Å². The molecule has 0 saturated heterocycles. The second-order valence-electron chi connectivity index (χ2n) is 6.19. The van der Waals surface area contributed by atoms with E-state index >= 15 is 0 Å². The SMILES string of the molecule is COc1ccc(CNc2cc(C(=O)Nc3cccc(F)c3)nc(C)n2)cc1OC. The molecule has 0 aliphatic carbocycles. The molecule has 150 valence electrons. The average Bonchev–Trinajstić information content (AvgIpc) is 2.71. The molecule has 1 heterocycles. The first-order chi connectivity index (χ1) is 14.0. The van der Waals surface area contributed by atoms with Gasteiger partial charge >= 0.3 is 0 Å². The summed E-state index contributed by atoms with van der Waals surface area (Å²) in [6, 6.07) is 12.8. The Morgan fingerprint density at radius 1 is 1.03 bits per heavy atom. The lowest BCUT2D eigenvalue weighted by molar-refractivity contribution is 0.102. The second-order valence-corrected chi connectivity index (χ2v) is 6.19. The van der Waals surface area contributed by atoms with Crippen molar-refractivity contribution in [1.29, 1.82) is 0 Å². The number of rotatable bonds is 7. The van der Waals surface area contributed by atoms with Crippen LogP contribution in [0.15, 0.2) is 48.5 Å². The predicted octanol–water partition coefficient (Wildman–Crippen LogP) is 3.81. The van der Waals surface area contributed by atoms with Gasteiger partial charge in [0.05, 0.1) is 14.2 Å². The summed E-state index contributed by atoms with van der Waals surface area (Å²) in [5, 5.41) is 5.80. The minimum atomic E-state index is -0.449. The zero-order valence-electron chi connectivity index (χ0n) is 16.3. The molecule has 29 heavy (non-hydrogen) atoms. The molecule has 8 heteroatoms. The number of amides is 1. The lowest BCUT2D eigenvalue weighted by atomic mass is 10.2. The minimum Gasteiger partial charge on any atom is -0.493 e. The van der Waals surface area contributed by atoms with Gasteiger partial charge in [0.2, 0.25) is 0 Å². The lowest BCUT2D eigenvalue weighted by Gasteiger charge is -2.12. The van der Waals surface area contributed by atoms with Crippen molar-refractivity contribution in [2.24, 2.45) is 0 Å². The van der Waals surface area contributed by atoms with Crippen molar-refractivity contribution in [2.45, 2.75) is 13.5 Å². The molecule has 2 aromatic carbocycles. The van der Waals surface area contributed by atoms with Gasteiger partial charge in [0.15, 0.2) is 11.5 Å². The van der Waals surface area contributed by atoms with E-state index in [1.165, 1.54) is 18.2 Å². The van der Waals surface area contributed by atoms with Crippen LogP contribution < -0.4 is 20.1 Å². The van der Waals surface area contributed by atoms with E-state index in [4.69, 9.17) is 9.47 Å². The molecule has 7 nitrogen and oxygen atoms in total. The smallest absolute Gasteiger partial charge is 0.274 e. The summed E-state index contributed by atoms with van der Waals surface area (Å²) < 4.78 is 23.8. The molecule has 1 aromatic heterocycles. The molecule has 0 fully saturated rings. The van der Waals surface area contributed by atoms with E-state index in [9.17, 15) is 9.18 Å². The van der Waals surface area contributed by atoms with Gasteiger partial charge in [-0.3, -0.25) is 4.79 Å². The Morgan fingerprint density at radius 2 is 1.83 bits per heavy atom. The van der Waals surface area contributed by atoms with Crippen LogP contribution in [-0.4, -0.2) is 30.1 Å². The zero-order chi connectivity index (χ0) is 20.8. The second kappa shape index (κ2) is 9.01. The Labute approximate surface area is 167 Å². The number of ether oxygens (including phenoxy) is 2. The molecular weight excluding hydrogens is 375 g/mol. The van der Waals surface area contributed by atoms with Crippen molar-refractivity contribution < 1.29 is 18.7 Å². The molecule has 3 rings (SSSR count). The van der Waals surface area contributed by atoms with Crippen LogP contribution in [0.25, 0.3) is 0 Å². The maximum absolute atomic E-state index is 13.3. The third-order valence-corrected chi connectivity index (χ3v) is 4.07. The van der Waals surface area contributed by atoms with Crippen molar-refractivity contribution in [1.82, 2.24) is 9.97 Å². The summed E-state index contributed by atoms with van der Waals surface area (Å²) in [5.41, 5.74) is 1.48. The summed E-state index contributed by atoms with van der Waals surface area (Å²) in [6.07, 6.45) is 0. The van der Waals surface area contributed by atoms with Gasteiger partial charge < -0.3 is 20.1 Å². The van der Waals surface area contributed by atoms with Gasteiger partial charge in [-0.25, -0.2) is 14.4 Å². The Hall–Kier alpha value is -3.68. The highest BCUT2D eigenvalue weighted by atomic mass is 19.1. The molecule has 0 aliphatic rings. The van der Waals surface area contributed by atoms with Crippen molar-refractivity contribution in [2.75, 3.05) is 24.9 Å². The minimum absolute atomic E-state index is 0.177. The molecule has 0 atom stereocenters. The number of hydrogen-bond acceptors (Lipinski definition) is 6. The highest BCUT2D eigenvalue weighted by molar-refractivity contribution is 6.03. The summed E-state index contributed by atoms with van der Waals surface area (Å²) >= 11 is 0. The first kappa shape index (κ1) is 20.1. The first-order valence-corrected chi connectivity index (χ1v) is 8.86. The number of anilines is 2. The third kappa shape index (κ3) is 5.19. The molecule has 0 unspecified atom stereocenters. The van der Waals surface area contributed by atoms with Crippen LogP contribution in [0.4, 0.5) is 15.9 Å². The number of nitrogens with zero attached hydrogens (tertiary/aromatic N) is 2. The normalized spacial score (nSPS) is 10.3. The quantitative estimate of drug-likeness (QED) is 0.632.